The van der Waals surface area contributed by atoms with Gasteiger partial charge in [-0.05, 0) is 25.8 Å². The lowest BCUT2D eigenvalue weighted by atomic mass is 10.2. The van der Waals surface area contributed by atoms with E-state index in [9.17, 15) is 8.42 Å². The average molecular weight is 234 g/mol. The first-order valence-electron chi connectivity index (χ1n) is 5.32. The van der Waals surface area contributed by atoms with Crippen molar-refractivity contribution in [1.29, 1.82) is 0 Å². The predicted molar refractivity (Wildman–Crippen MR) is 64.4 cm³/mol. The minimum atomic E-state index is -3.03. The lowest BCUT2D eigenvalue weighted by molar-refractivity contribution is 0.574. The second-order valence-corrected chi connectivity index (χ2v) is 5.39. The van der Waals surface area contributed by atoms with Gasteiger partial charge in [-0.2, -0.15) is 0 Å². The molecule has 15 heavy (non-hydrogen) atoms. The lowest BCUT2D eigenvalue weighted by Gasteiger charge is -2.04. The van der Waals surface area contributed by atoms with Crippen LogP contribution in [0.1, 0.15) is 25.7 Å². The summed E-state index contributed by atoms with van der Waals surface area (Å²) < 4.78 is 23.8. The third-order valence-corrected chi connectivity index (χ3v) is 2.66. The van der Waals surface area contributed by atoms with Crippen LogP contribution in [0.4, 0.5) is 0 Å². The molecule has 0 radical (unpaired) electrons. The first kappa shape index (κ1) is 14.6. The van der Waals surface area contributed by atoms with E-state index in [1.54, 1.807) is 0 Å². The summed E-state index contributed by atoms with van der Waals surface area (Å²) in [6.45, 7) is 5.76. The normalized spacial score (nSPS) is 11.5. The van der Waals surface area contributed by atoms with Crippen molar-refractivity contribution in [3.8, 4) is 0 Å². The maximum Gasteiger partial charge on any atom is 0.208 e. The zero-order chi connectivity index (χ0) is 11.6. The molecule has 0 aromatic heterocycles. The molecule has 0 aliphatic carbocycles. The number of hydrogen-bond acceptors (Lipinski definition) is 3. The molecule has 4 nitrogen and oxygen atoms in total. The van der Waals surface area contributed by atoms with Gasteiger partial charge in [-0.1, -0.05) is 12.5 Å². The van der Waals surface area contributed by atoms with Crippen LogP contribution in [0.5, 0.6) is 0 Å². The second-order valence-electron chi connectivity index (χ2n) is 3.55. The highest BCUT2D eigenvalue weighted by molar-refractivity contribution is 7.88. The molecule has 2 N–H and O–H groups in total. The van der Waals surface area contributed by atoms with Crippen LogP contribution in [0.15, 0.2) is 12.7 Å². The van der Waals surface area contributed by atoms with E-state index in [1.165, 1.54) is 19.1 Å². The molecular formula is C10H22N2O2S. The topological polar surface area (TPSA) is 58.2 Å². The predicted octanol–water partition coefficient (Wildman–Crippen LogP) is 0.872. The van der Waals surface area contributed by atoms with Crippen LogP contribution in [-0.2, 0) is 10.0 Å². The summed E-state index contributed by atoms with van der Waals surface area (Å²) in [5, 5.41) is 3.18. The smallest absolute Gasteiger partial charge is 0.208 e. The molecule has 0 aromatic rings. The van der Waals surface area contributed by atoms with Crippen molar-refractivity contribution in [3.05, 3.63) is 12.7 Å². The molecule has 0 heterocycles. The summed E-state index contributed by atoms with van der Waals surface area (Å²) in [6, 6.07) is 0. The van der Waals surface area contributed by atoms with Crippen LogP contribution in [-0.4, -0.2) is 34.3 Å². The van der Waals surface area contributed by atoms with E-state index < -0.39 is 10.0 Å². The average Bonchev–Trinajstić information content (AvgIpc) is 2.14. The van der Waals surface area contributed by atoms with Gasteiger partial charge in [-0.15, -0.1) is 6.58 Å². The maximum atomic E-state index is 10.7. The van der Waals surface area contributed by atoms with Crippen molar-refractivity contribution < 1.29 is 8.42 Å². The number of sulfonamides is 1. The molecule has 0 saturated heterocycles. The number of nitrogens with one attached hydrogen (secondary N) is 2. The van der Waals surface area contributed by atoms with E-state index in [4.69, 9.17) is 0 Å². The molecular weight excluding hydrogens is 212 g/mol. The Morgan fingerprint density at radius 1 is 1.13 bits per heavy atom. The van der Waals surface area contributed by atoms with Crippen LogP contribution in [0.3, 0.4) is 0 Å². The molecule has 0 atom stereocenters. The molecule has 0 saturated carbocycles. The van der Waals surface area contributed by atoms with Crippen molar-refractivity contribution >= 4 is 10.0 Å². The van der Waals surface area contributed by atoms with Gasteiger partial charge in [0.2, 0.25) is 10.0 Å². The summed E-state index contributed by atoms with van der Waals surface area (Å²) in [5.41, 5.74) is 0. The fraction of sp³-hybridized carbons (Fsp3) is 0.800. The van der Waals surface area contributed by atoms with Crippen LogP contribution < -0.4 is 10.0 Å². The van der Waals surface area contributed by atoms with E-state index in [-0.39, 0.29) is 0 Å². The van der Waals surface area contributed by atoms with Gasteiger partial charge in [0.15, 0.2) is 0 Å². The van der Waals surface area contributed by atoms with Gasteiger partial charge in [-0.3, -0.25) is 0 Å². The molecule has 0 rings (SSSR count). The summed E-state index contributed by atoms with van der Waals surface area (Å²) >= 11 is 0. The Balaban J connectivity index is 3.08. The molecule has 0 aliphatic rings. The molecule has 0 fully saturated rings. The van der Waals surface area contributed by atoms with Gasteiger partial charge < -0.3 is 5.32 Å². The van der Waals surface area contributed by atoms with E-state index in [0.717, 1.165) is 19.4 Å². The molecule has 0 aromatic carbocycles. The van der Waals surface area contributed by atoms with Gasteiger partial charge in [0, 0.05) is 13.1 Å². The highest BCUT2D eigenvalue weighted by Gasteiger charge is 1.97. The molecule has 0 bridgehead atoms. The molecule has 0 spiro atoms. The van der Waals surface area contributed by atoms with Gasteiger partial charge in [0.05, 0.1) is 6.26 Å². The van der Waals surface area contributed by atoms with Gasteiger partial charge in [0.25, 0.3) is 0 Å². The SMILES string of the molecule is C=CCCCCCNCCNS(C)(=O)=O. The molecule has 0 amide bonds. The number of allylic oxidation sites excluding steroid dienone is 1. The Hall–Kier alpha value is -0.390. The Labute approximate surface area is 93.2 Å². The van der Waals surface area contributed by atoms with Gasteiger partial charge >= 0.3 is 0 Å². The zero-order valence-corrected chi connectivity index (χ0v) is 10.3. The van der Waals surface area contributed by atoms with Crippen LogP contribution >= 0.6 is 0 Å². The first-order chi connectivity index (χ1) is 7.06. The van der Waals surface area contributed by atoms with Gasteiger partial charge in [-0.25, -0.2) is 13.1 Å². The monoisotopic (exact) mass is 234 g/mol. The lowest BCUT2D eigenvalue weighted by Crippen LogP contribution is -2.31. The first-order valence-corrected chi connectivity index (χ1v) is 7.21. The third-order valence-electron chi connectivity index (χ3n) is 1.93. The zero-order valence-electron chi connectivity index (χ0n) is 9.46. The van der Waals surface area contributed by atoms with Crippen molar-refractivity contribution in [2.75, 3.05) is 25.9 Å². The Morgan fingerprint density at radius 3 is 2.47 bits per heavy atom. The van der Waals surface area contributed by atoms with Crippen molar-refractivity contribution in [2.45, 2.75) is 25.7 Å². The summed E-state index contributed by atoms with van der Waals surface area (Å²) in [5.74, 6) is 0. The van der Waals surface area contributed by atoms with Crippen molar-refractivity contribution in [2.24, 2.45) is 0 Å². The van der Waals surface area contributed by atoms with Crippen LogP contribution in [0, 0.1) is 0 Å². The maximum absolute atomic E-state index is 10.7. The minimum Gasteiger partial charge on any atom is -0.315 e. The third kappa shape index (κ3) is 13.6. The highest BCUT2D eigenvalue weighted by Crippen LogP contribution is 1.98. The fourth-order valence-corrected chi connectivity index (χ4v) is 1.64. The number of hydrogen-bond donors (Lipinski definition) is 2. The minimum absolute atomic E-state index is 0.464. The summed E-state index contributed by atoms with van der Waals surface area (Å²) in [4.78, 5) is 0. The van der Waals surface area contributed by atoms with Crippen LogP contribution in [0.25, 0.3) is 0 Å². The number of unbranched alkanes of at least 4 members (excludes halogenated alkanes) is 3. The largest absolute Gasteiger partial charge is 0.315 e. The Morgan fingerprint density at radius 2 is 1.87 bits per heavy atom. The van der Waals surface area contributed by atoms with E-state index in [1.807, 2.05) is 6.08 Å². The standard InChI is InChI=1S/C10H22N2O2S/c1-3-4-5-6-7-8-11-9-10-12-15(2,13)14/h3,11-12H,1,4-10H2,2H3. The highest BCUT2D eigenvalue weighted by atomic mass is 32.2. The summed E-state index contributed by atoms with van der Waals surface area (Å²) in [7, 11) is -3.03. The number of rotatable bonds is 10. The molecule has 5 heteroatoms. The molecule has 90 valence electrons. The van der Waals surface area contributed by atoms with Crippen LogP contribution in [0.2, 0.25) is 0 Å². The van der Waals surface area contributed by atoms with Crippen molar-refractivity contribution in [3.63, 3.8) is 0 Å². The van der Waals surface area contributed by atoms with E-state index in [2.05, 4.69) is 16.6 Å². The van der Waals surface area contributed by atoms with E-state index >= 15 is 0 Å². The fourth-order valence-electron chi connectivity index (χ4n) is 1.17. The molecule has 0 aliphatic heterocycles. The second kappa shape index (κ2) is 8.88. The van der Waals surface area contributed by atoms with E-state index in [0.29, 0.717) is 13.1 Å². The van der Waals surface area contributed by atoms with Crippen molar-refractivity contribution in [1.82, 2.24) is 10.0 Å². The molecule has 0 unspecified atom stereocenters. The Kier molecular flexibility index (Phi) is 8.65. The summed E-state index contributed by atoms with van der Waals surface area (Å²) in [6.07, 6.45) is 7.69. The van der Waals surface area contributed by atoms with Gasteiger partial charge in [0.1, 0.15) is 0 Å². The quantitative estimate of drug-likeness (QED) is 0.435. The Bertz CT molecular complexity index is 250.